The average molecular weight is 485 g/mol. The molecule has 0 saturated heterocycles. The number of para-hydroxylation sites is 3. The van der Waals surface area contributed by atoms with Gasteiger partial charge < -0.3 is 29.6 Å². The highest BCUT2D eigenvalue weighted by Crippen LogP contribution is 2.29. The van der Waals surface area contributed by atoms with Crippen LogP contribution in [0.15, 0.2) is 97.1 Å². The first-order valence-corrected chi connectivity index (χ1v) is 11.4. The van der Waals surface area contributed by atoms with Crippen molar-refractivity contribution in [2.45, 2.75) is 6.54 Å². The van der Waals surface area contributed by atoms with Gasteiger partial charge in [0.1, 0.15) is 17.2 Å². The fourth-order valence-electron chi connectivity index (χ4n) is 3.49. The van der Waals surface area contributed by atoms with Gasteiger partial charge in [0.15, 0.2) is 18.1 Å². The van der Waals surface area contributed by atoms with Crippen molar-refractivity contribution in [3.63, 3.8) is 0 Å². The smallest absolute Gasteiger partial charge is 0.262 e. The van der Waals surface area contributed by atoms with E-state index in [1.807, 2.05) is 78.9 Å². The molecule has 0 saturated carbocycles. The van der Waals surface area contributed by atoms with Crippen LogP contribution < -0.4 is 29.6 Å². The molecule has 4 aromatic carbocycles. The van der Waals surface area contributed by atoms with Crippen LogP contribution in [0.3, 0.4) is 0 Å². The second-order valence-electron chi connectivity index (χ2n) is 7.82. The zero-order valence-electron chi connectivity index (χ0n) is 20.2. The van der Waals surface area contributed by atoms with Crippen molar-refractivity contribution in [1.82, 2.24) is 0 Å². The molecule has 0 spiro atoms. The molecule has 1 amide bonds. The molecule has 0 unspecified atom stereocenters. The standard InChI is InChI=1S/C29H28N2O5/c1-33-26-11-7-6-10-25(26)31-29(32)20-35-27-17-12-21(18-28(27)34-2)19-30-22-13-15-24(16-14-22)36-23-8-4-3-5-9-23/h3-18,30H,19-20H2,1-2H3,(H,31,32). The Morgan fingerprint density at radius 1 is 0.722 bits per heavy atom. The van der Waals surface area contributed by atoms with Gasteiger partial charge in [0.2, 0.25) is 0 Å². The first-order chi connectivity index (χ1) is 17.6. The Labute approximate surface area is 210 Å². The number of amides is 1. The Kier molecular flexibility index (Phi) is 8.27. The maximum Gasteiger partial charge on any atom is 0.262 e. The summed E-state index contributed by atoms with van der Waals surface area (Å²) in [5.74, 6) is 2.88. The van der Waals surface area contributed by atoms with Crippen molar-refractivity contribution in [2.75, 3.05) is 31.5 Å². The van der Waals surface area contributed by atoms with Crippen molar-refractivity contribution >= 4 is 17.3 Å². The van der Waals surface area contributed by atoms with Gasteiger partial charge in [0.25, 0.3) is 5.91 Å². The Morgan fingerprint density at radius 2 is 1.42 bits per heavy atom. The Morgan fingerprint density at radius 3 is 2.17 bits per heavy atom. The fraction of sp³-hybridized carbons (Fsp3) is 0.138. The maximum absolute atomic E-state index is 12.4. The third kappa shape index (κ3) is 6.70. The van der Waals surface area contributed by atoms with Gasteiger partial charge in [-0.25, -0.2) is 0 Å². The van der Waals surface area contributed by atoms with E-state index in [1.54, 1.807) is 32.4 Å². The highest BCUT2D eigenvalue weighted by Gasteiger charge is 2.11. The van der Waals surface area contributed by atoms with Crippen LogP contribution in [-0.4, -0.2) is 26.7 Å². The van der Waals surface area contributed by atoms with Gasteiger partial charge in [-0.15, -0.1) is 0 Å². The number of ether oxygens (including phenoxy) is 4. The minimum Gasteiger partial charge on any atom is -0.495 e. The second-order valence-corrected chi connectivity index (χ2v) is 7.82. The lowest BCUT2D eigenvalue weighted by Gasteiger charge is -2.14. The number of anilines is 2. The van der Waals surface area contributed by atoms with Crippen LogP contribution in [0, 0.1) is 0 Å². The molecular formula is C29H28N2O5. The van der Waals surface area contributed by atoms with E-state index in [0.717, 1.165) is 22.7 Å². The van der Waals surface area contributed by atoms with Gasteiger partial charge in [0, 0.05) is 12.2 Å². The largest absolute Gasteiger partial charge is 0.495 e. The van der Waals surface area contributed by atoms with Gasteiger partial charge in [0.05, 0.1) is 19.9 Å². The van der Waals surface area contributed by atoms with Gasteiger partial charge in [-0.3, -0.25) is 4.79 Å². The Balaban J connectivity index is 1.30. The summed E-state index contributed by atoms with van der Waals surface area (Å²) in [6, 6.07) is 30.2. The van der Waals surface area contributed by atoms with Gasteiger partial charge in [-0.1, -0.05) is 36.4 Å². The molecule has 2 N–H and O–H groups in total. The predicted octanol–water partition coefficient (Wildman–Crippen LogP) is 6.13. The number of nitrogens with one attached hydrogen (secondary N) is 2. The van der Waals surface area contributed by atoms with Crippen LogP contribution in [0.1, 0.15) is 5.56 Å². The SMILES string of the molecule is COc1ccccc1NC(=O)COc1ccc(CNc2ccc(Oc3ccccc3)cc2)cc1OC. The van der Waals surface area contributed by atoms with Crippen LogP contribution in [-0.2, 0) is 11.3 Å². The predicted molar refractivity (Wildman–Crippen MR) is 140 cm³/mol. The average Bonchev–Trinajstić information content (AvgIpc) is 2.92. The lowest BCUT2D eigenvalue weighted by molar-refractivity contribution is -0.118. The van der Waals surface area contributed by atoms with Crippen molar-refractivity contribution in [1.29, 1.82) is 0 Å². The van der Waals surface area contributed by atoms with Crippen molar-refractivity contribution < 1.29 is 23.7 Å². The summed E-state index contributed by atoms with van der Waals surface area (Å²) >= 11 is 0. The highest BCUT2D eigenvalue weighted by atomic mass is 16.5. The summed E-state index contributed by atoms with van der Waals surface area (Å²) in [6.07, 6.45) is 0. The topological polar surface area (TPSA) is 78.1 Å². The molecule has 7 nitrogen and oxygen atoms in total. The molecule has 4 aromatic rings. The normalized spacial score (nSPS) is 10.3. The molecule has 0 aromatic heterocycles. The summed E-state index contributed by atoms with van der Waals surface area (Å²) in [6.45, 7) is 0.424. The van der Waals surface area contributed by atoms with Crippen LogP contribution in [0.25, 0.3) is 0 Å². The molecule has 0 aliphatic carbocycles. The summed E-state index contributed by atoms with van der Waals surface area (Å²) in [4.78, 5) is 12.4. The third-order valence-corrected chi connectivity index (χ3v) is 5.30. The monoisotopic (exact) mass is 484 g/mol. The van der Waals surface area contributed by atoms with Gasteiger partial charge >= 0.3 is 0 Å². The number of hydrogen-bond acceptors (Lipinski definition) is 6. The van der Waals surface area contributed by atoms with E-state index in [4.69, 9.17) is 18.9 Å². The third-order valence-electron chi connectivity index (χ3n) is 5.30. The zero-order chi connectivity index (χ0) is 25.2. The first kappa shape index (κ1) is 24.5. The molecule has 0 radical (unpaired) electrons. The molecule has 0 atom stereocenters. The second kappa shape index (κ2) is 12.2. The van der Waals surface area contributed by atoms with Crippen molar-refractivity contribution in [3.05, 3.63) is 103 Å². The summed E-state index contributed by atoms with van der Waals surface area (Å²) in [5, 5.41) is 6.17. The van der Waals surface area contributed by atoms with E-state index in [2.05, 4.69) is 10.6 Å². The summed E-state index contributed by atoms with van der Waals surface area (Å²) in [7, 11) is 3.12. The minimum absolute atomic E-state index is 0.163. The molecule has 36 heavy (non-hydrogen) atoms. The van der Waals surface area contributed by atoms with E-state index in [1.165, 1.54) is 0 Å². The van der Waals surface area contributed by atoms with Crippen LogP contribution in [0.4, 0.5) is 11.4 Å². The van der Waals surface area contributed by atoms with E-state index in [0.29, 0.717) is 29.5 Å². The molecule has 0 bridgehead atoms. The number of carbonyl (C=O) groups is 1. The number of benzene rings is 4. The Hall–Kier alpha value is -4.65. The molecule has 0 fully saturated rings. The number of carbonyl (C=O) groups excluding carboxylic acids is 1. The number of hydrogen-bond donors (Lipinski definition) is 2. The first-order valence-electron chi connectivity index (χ1n) is 11.4. The van der Waals surface area contributed by atoms with E-state index in [9.17, 15) is 4.79 Å². The van der Waals surface area contributed by atoms with E-state index < -0.39 is 0 Å². The summed E-state index contributed by atoms with van der Waals surface area (Å²) < 4.78 is 22.3. The molecule has 0 heterocycles. The molecule has 184 valence electrons. The fourth-order valence-corrected chi connectivity index (χ4v) is 3.49. The van der Waals surface area contributed by atoms with E-state index >= 15 is 0 Å². The lowest BCUT2D eigenvalue weighted by Crippen LogP contribution is -2.20. The zero-order valence-corrected chi connectivity index (χ0v) is 20.2. The van der Waals surface area contributed by atoms with Crippen LogP contribution in [0.5, 0.6) is 28.7 Å². The van der Waals surface area contributed by atoms with Crippen molar-refractivity contribution in [3.8, 4) is 28.7 Å². The Bertz CT molecular complexity index is 1280. The summed E-state index contributed by atoms with van der Waals surface area (Å²) in [5.41, 5.74) is 2.55. The molecule has 7 heteroatoms. The van der Waals surface area contributed by atoms with Crippen LogP contribution >= 0.6 is 0 Å². The van der Waals surface area contributed by atoms with E-state index in [-0.39, 0.29) is 12.5 Å². The molecule has 0 aliphatic heterocycles. The molecular weight excluding hydrogens is 456 g/mol. The van der Waals surface area contributed by atoms with Gasteiger partial charge in [-0.2, -0.15) is 0 Å². The highest BCUT2D eigenvalue weighted by molar-refractivity contribution is 5.93. The van der Waals surface area contributed by atoms with Crippen molar-refractivity contribution in [2.24, 2.45) is 0 Å². The van der Waals surface area contributed by atoms with Gasteiger partial charge in [-0.05, 0) is 66.2 Å². The maximum atomic E-state index is 12.4. The quantitative estimate of drug-likeness (QED) is 0.267. The molecule has 4 rings (SSSR count). The van der Waals surface area contributed by atoms with Crippen LogP contribution in [0.2, 0.25) is 0 Å². The lowest BCUT2D eigenvalue weighted by atomic mass is 10.2. The number of rotatable bonds is 11. The number of methoxy groups -OCH3 is 2. The molecule has 0 aliphatic rings. The minimum atomic E-state index is -0.299.